The Bertz CT molecular complexity index is 1230. The van der Waals surface area contributed by atoms with E-state index in [9.17, 15) is 35.5 Å². The number of hydrogen-bond donors (Lipinski definition) is 0. The van der Waals surface area contributed by atoms with Crippen LogP contribution < -0.4 is 4.74 Å². The van der Waals surface area contributed by atoms with Crippen LogP contribution in [0.15, 0.2) is 54.6 Å². The molecule has 0 saturated heterocycles. The number of ether oxygens (including phenoxy) is 1. The molecule has 3 rings (SSSR count). The summed E-state index contributed by atoms with van der Waals surface area (Å²) in [5.41, 5.74) is -0.375. The van der Waals surface area contributed by atoms with Crippen LogP contribution in [0.3, 0.4) is 0 Å². The number of esters is 1. The Labute approximate surface area is 203 Å². The van der Waals surface area contributed by atoms with Crippen molar-refractivity contribution >= 4 is 12.0 Å². The number of halogens is 7. The number of carbonyl (C=O) groups is 1. The summed E-state index contributed by atoms with van der Waals surface area (Å²) in [5, 5.41) is 0. The Morgan fingerprint density at radius 2 is 1.44 bits per heavy atom. The fraction of sp³-hybridized carbons (Fsp3) is 0.222. The lowest BCUT2D eigenvalue weighted by Crippen LogP contribution is -2.14. The molecule has 0 N–H and O–H groups in total. The summed E-state index contributed by atoms with van der Waals surface area (Å²) in [7, 11) is 0. The topological polar surface area (TPSA) is 26.3 Å². The van der Waals surface area contributed by atoms with Crippen molar-refractivity contribution in [3.63, 3.8) is 0 Å². The maximum Gasteiger partial charge on any atom is 0.409 e. The zero-order valence-corrected chi connectivity index (χ0v) is 19.2. The lowest BCUT2D eigenvalue weighted by molar-refractivity contribution is -0.0790. The molecule has 0 aliphatic heterocycles. The molecule has 0 aromatic heterocycles. The van der Waals surface area contributed by atoms with E-state index >= 15 is 0 Å². The van der Waals surface area contributed by atoms with Gasteiger partial charge >= 0.3 is 12.1 Å². The van der Waals surface area contributed by atoms with Gasteiger partial charge in [0.2, 0.25) is 0 Å². The smallest absolute Gasteiger partial charge is 0.409 e. The Morgan fingerprint density at radius 3 is 1.94 bits per heavy atom. The van der Waals surface area contributed by atoms with Crippen molar-refractivity contribution in [1.29, 1.82) is 0 Å². The number of hydrogen-bond acceptors (Lipinski definition) is 2. The number of rotatable bonds is 7. The highest BCUT2D eigenvalue weighted by Gasteiger charge is 2.24. The predicted octanol–water partition coefficient (Wildman–Crippen LogP) is 8.61. The highest BCUT2D eigenvalue weighted by atomic mass is 19.4. The van der Waals surface area contributed by atoms with E-state index in [4.69, 9.17) is 0 Å². The molecule has 0 amide bonds. The van der Waals surface area contributed by atoms with Crippen molar-refractivity contribution in [1.82, 2.24) is 0 Å². The highest BCUT2D eigenvalue weighted by Crippen LogP contribution is 2.29. The minimum atomic E-state index is -4.80. The average molecular weight is 510 g/mol. The molecule has 2 nitrogen and oxygen atoms in total. The summed E-state index contributed by atoms with van der Waals surface area (Å²) in [6.45, 7) is 4.14. The second-order valence-corrected chi connectivity index (χ2v) is 8.19. The number of alkyl halides is 3. The first-order valence-electron chi connectivity index (χ1n) is 11.0. The molecule has 3 aromatic carbocycles. The van der Waals surface area contributed by atoms with Gasteiger partial charge in [0.05, 0.1) is 0 Å². The summed E-state index contributed by atoms with van der Waals surface area (Å²) in [5.74, 6) is -7.48. The summed E-state index contributed by atoms with van der Waals surface area (Å²) in [4.78, 5) is 12.3. The van der Waals surface area contributed by atoms with Crippen LogP contribution >= 0.6 is 0 Å². The van der Waals surface area contributed by atoms with E-state index in [1.807, 2.05) is 12.1 Å². The van der Waals surface area contributed by atoms with E-state index < -0.39 is 52.3 Å². The fourth-order valence-electron chi connectivity index (χ4n) is 3.65. The van der Waals surface area contributed by atoms with E-state index in [0.29, 0.717) is 23.6 Å². The molecule has 0 aliphatic carbocycles. The van der Waals surface area contributed by atoms with Gasteiger partial charge in [0.25, 0.3) is 0 Å². The lowest BCUT2D eigenvalue weighted by Gasteiger charge is -2.12. The van der Waals surface area contributed by atoms with Gasteiger partial charge in [0.15, 0.2) is 0 Å². The third kappa shape index (κ3) is 6.53. The van der Waals surface area contributed by atoms with Crippen LogP contribution in [0.1, 0.15) is 54.1 Å². The SMILES string of the molecule is CCCC(C)c1ccc(-c2cc(F)c(C(=O)Oc3cc(F)c(/C=C/C(F)(F)F)c(F)c3)c(F)c2)cc1. The molecule has 0 aliphatic rings. The summed E-state index contributed by atoms with van der Waals surface area (Å²) < 4.78 is 99.0. The van der Waals surface area contributed by atoms with Crippen molar-refractivity contribution in [2.75, 3.05) is 0 Å². The number of benzene rings is 3. The summed E-state index contributed by atoms with van der Waals surface area (Å²) >= 11 is 0. The predicted molar refractivity (Wildman–Crippen MR) is 122 cm³/mol. The average Bonchev–Trinajstić information content (AvgIpc) is 2.77. The van der Waals surface area contributed by atoms with Crippen LogP contribution in [0.4, 0.5) is 30.7 Å². The Kier molecular flexibility index (Phi) is 8.22. The van der Waals surface area contributed by atoms with Gasteiger partial charge in [-0.15, -0.1) is 0 Å². The van der Waals surface area contributed by atoms with Crippen LogP contribution in [0.2, 0.25) is 0 Å². The molecule has 1 atom stereocenters. The van der Waals surface area contributed by atoms with Gasteiger partial charge in [-0.3, -0.25) is 0 Å². The maximum atomic E-state index is 14.7. The molecule has 0 radical (unpaired) electrons. The molecule has 190 valence electrons. The number of allylic oxidation sites excluding steroid dienone is 1. The van der Waals surface area contributed by atoms with E-state index in [1.54, 1.807) is 12.1 Å². The van der Waals surface area contributed by atoms with E-state index in [1.165, 1.54) is 0 Å². The number of carbonyl (C=O) groups excluding carboxylic acids is 1. The molecule has 1 unspecified atom stereocenters. The summed E-state index contributed by atoms with van der Waals surface area (Å²) in [6.07, 6.45) is -3.01. The van der Waals surface area contributed by atoms with Crippen molar-refractivity contribution in [2.45, 2.75) is 38.8 Å². The molecule has 0 heterocycles. The third-order valence-corrected chi connectivity index (χ3v) is 5.48. The van der Waals surface area contributed by atoms with Crippen LogP contribution in [-0.4, -0.2) is 12.1 Å². The van der Waals surface area contributed by atoms with E-state index in [0.717, 1.165) is 30.5 Å². The minimum absolute atomic E-state index is 0.161. The highest BCUT2D eigenvalue weighted by molar-refractivity contribution is 5.92. The van der Waals surface area contributed by atoms with Gasteiger partial charge in [-0.05, 0) is 47.2 Å². The van der Waals surface area contributed by atoms with Gasteiger partial charge in [0.1, 0.15) is 34.6 Å². The third-order valence-electron chi connectivity index (χ3n) is 5.48. The molecular weight excluding hydrogens is 489 g/mol. The van der Waals surface area contributed by atoms with Gasteiger partial charge in [-0.25, -0.2) is 22.4 Å². The normalized spacial score (nSPS) is 12.7. The van der Waals surface area contributed by atoms with E-state index in [-0.39, 0.29) is 17.7 Å². The Hall–Kier alpha value is -3.62. The first kappa shape index (κ1) is 27.0. The molecule has 36 heavy (non-hydrogen) atoms. The standard InChI is InChI=1S/C27H21F7O2/c1-3-4-15(2)16-5-7-17(8-6-16)18-11-23(30)25(24(31)12-18)26(35)36-19-13-21(28)20(22(29)14-19)9-10-27(32,33)34/h5-15H,3-4H2,1-2H3/b10-9+. The van der Waals surface area contributed by atoms with Gasteiger partial charge in [-0.1, -0.05) is 44.5 Å². The van der Waals surface area contributed by atoms with Crippen LogP contribution in [0.25, 0.3) is 17.2 Å². The van der Waals surface area contributed by atoms with Gasteiger partial charge < -0.3 is 4.74 Å². The lowest BCUT2D eigenvalue weighted by atomic mass is 9.94. The molecule has 9 heteroatoms. The minimum Gasteiger partial charge on any atom is -0.423 e. The van der Waals surface area contributed by atoms with Crippen LogP contribution in [0, 0.1) is 23.3 Å². The largest absolute Gasteiger partial charge is 0.423 e. The van der Waals surface area contributed by atoms with Crippen molar-refractivity contribution in [3.8, 4) is 16.9 Å². The van der Waals surface area contributed by atoms with Crippen LogP contribution in [0.5, 0.6) is 5.75 Å². The molecule has 0 bridgehead atoms. The Morgan fingerprint density at radius 1 is 0.889 bits per heavy atom. The first-order chi connectivity index (χ1) is 16.9. The second-order valence-electron chi connectivity index (χ2n) is 8.19. The zero-order valence-electron chi connectivity index (χ0n) is 19.2. The van der Waals surface area contributed by atoms with Crippen molar-refractivity contribution in [2.24, 2.45) is 0 Å². The fourth-order valence-corrected chi connectivity index (χ4v) is 3.65. The molecular formula is C27H21F7O2. The zero-order chi connectivity index (χ0) is 26.6. The van der Waals surface area contributed by atoms with Crippen LogP contribution in [-0.2, 0) is 0 Å². The van der Waals surface area contributed by atoms with Crippen molar-refractivity contribution < 1.29 is 40.3 Å². The van der Waals surface area contributed by atoms with Gasteiger partial charge in [0, 0.05) is 23.8 Å². The summed E-state index contributed by atoms with van der Waals surface area (Å²) in [6, 6.07) is 9.83. The quantitative estimate of drug-likeness (QED) is 0.181. The van der Waals surface area contributed by atoms with Gasteiger partial charge in [-0.2, -0.15) is 13.2 Å². The molecule has 0 saturated carbocycles. The second kappa shape index (κ2) is 11.0. The molecule has 0 spiro atoms. The molecule has 0 fully saturated rings. The monoisotopic (exact) mass is 510 g/mol. The first-order valence-corrected chi connectivity index (χ1v) is 11.0. The van der Waals surface area contributed by atoms with E-state index in [2.05, 4.69) is 18.6 Å². The van der Waals surface area contributed by atoms with Crippen molar-refractivity contribution in [3.05, 3.63) is 94.6 Å². The Balaban J connectivity index is 1.83. The maximum absolute atomic E-state index is 14.7. The molecule has 3 aromatic rings.